The third-order valence-electron chi connectivity index (χ3n) is 7.83. The standard InChI is InChI=1S/C33H53NO8/c1-22(2)25(18-24-12-13-28(39-10)30(19-24)40-17-11-16-38-9)20-27-29(21-26(23(3)4)31(36)37)41-33(8,14-15-35)34(27)42-32(5,6)7/h12-14,19,22-23,25-27,29H,11,16-18,20-21H2,1-10H3,(H,36,37)/t25-,26-,27-,29-,33?/m0/s1. The number of aliphatic carboxylic acids is 1. The molecule has 1 N–H and O–H groups in total. The van der Waals surface area contributed by atoms with E-state index in [4.69, 9.17) is 23.8 Å². The summed E-state index contributed by atoms with van der Waals surface area (Å²) in [4.78, 5) is 30.3. The molecule has 0 radical (unpaired) electrons. The smallest absolute Gasteiger partial charge is 0.306 e. The summed E-state index contributed by atoms with van der Waals surface area (Å²) in [6.07, 6.45) is 3.36. The molecule has 1 aliphatic rings. The van der Waals surface area contributed by atoms with Gasteiger partial charge in [0.2, 0.25) is 0 Å². The lowest BCUT2D eigenvalue weighted by molar-refractivity contribution is -0.295. The summed E-state index contributed by atoms with van der Waals surface area (Å²) in [6, 6.07) is 5.72. The highest BCUT2D eigenvalue weighted by Gasteiger charge is 2.53. The van der Waals surface area contributed by atoms with Gasteiger partial charge < -0.3 is 24.1 Å². The van der Waals surface area contributed by atoms with Crippen molar-refractivity contribution in [2.45, 2.75) is 105 Å². The number of benzene rings is 1. The predicted molar refractivity (Wildman–Crippen MR) is 162 cm³/mol. The minimum Gasteiger partial charge on any atom is -0.493 e. The van der Waals surface area contributed by atoms with E-state index in [1.165, 1.54) is 6.08 Å². The summed E-state index contributed by atoms with van der Waals surface area (Å²) in [5.74, 6) is 2.20. The number of hydrogen-bond acceptors (Lipinski definition) is 8. The first kappa shape index (κ1) is 35.8. The Kier molecular flexibility index (Phi) is 13.5. The predicted octanol–water partition coefficient (Wildman–Crippen LogP) is 5.97. The van der Waals surface area contributed by atoms with Gasteiger partial charge in [-0.05, 0) is 82.4 Å². The summed E-state index contributed by atoms with van der Waals surface area (Å²) < 4.78 is 23.2. The van der Waals surface area contributed by atoms with Gasteiger partial charge in [0.1, 0.15) is 5.94 Å². The molecular formula is C33H53NO8. The molecule has 0 aromatic heterocycles. The van der Waals surface area contributed by atoms with Gasteiger partial charge in [0.05, 0.1) is 37.4 Å². The number of ether oxygens (including phenoxy) is 4. The van der Waals surface area contributed by atoms with Crippen molar-refractivity contribution in [2.24, 2.45) is 23.7 Å². The molecule has 42 heavy (non-hydrogen) atoms. The maximum absolute atomic E-state index is 12.2. The molecule has 1 fully saturated rings. The molecule has 1 unspecified atom stereocenters. The second-order valence-corrected chi connectivity index (χ2v) is 13.1. The highest BCUT2D eigenvalue weighted by atomic mass is 16.7. The zero-order valence-electron chi connectivity index (χ0n) is 27.3. The first-order valence-corrected chi connectivity index (χ1v) is 15.1. The average molecular weight is 592 g/mol. The van der Waals surface area contributed by atoms with Crippen molar-refractivity contribution in [1.29, 1.82) is 0 Å². The van der Waals surface area contributed by atoms with Gasteiger partial charge in [-0.3, -0.25) is 9.63 Å². The van der Waals surface area contributed by atoms with Crippen molar-refractivity contribution in [3.8, 4) is 11.5 Å². The van der Waals surface area contributed by atoms with Crippen LogP contribution in [0.1, 0.15) is 80.2 Å². The molecule has 9 nitrogen and oxygen atoms in total. The van der Waals surface area contributed by atoms with Crippen molar-refractivity contribution < 1.29 is 38.5 Å². The molecule has 1 aromatic carbocycles. The lowest BCUT2D eigenvalue weighted by atomic mass is 9.80. The Labute approximate surface area is 252 Å². The lowest BCUT2D eigenvalue weighted by Gasteiger charge is -2.39. The van der Waals surface area contributed by atoms with E-state index in [9.17, 15) is 14.7 Å². The molecule has 0 amide bonds. The van der Waals surface area contributed by atoms with Gasteiger partial charge in [-0.15, -0.1) is 5.06 Å². The average Bonchev–Trinajstić information content (AvgIpc) is 3.13. The van der Waals surface area contributed by atoms with E-state index in [0.29, 0.717) is 43.5 Å². The van der Waals surface area contributed by atoms with E-state index in [2.05, 4.69) is 19.9 Å². The van der Waals surface area contributed by atoms with Gasteiger partial charge in [0, 0.05) is 26.2 Å². The van der Waals surface area contributed by atoms with Gasteiger partial charge in [0.15, 0.2) is 17.2 Å². The number of carbonyl (C=O) groups excluding carboxylic acids is 1. The van der Waals surface area contributed by atoms with Crippen molar-refractivity contribution >= 4 is 11.9 Å². The van der Waals surface area contributed by atoms with Gasteiger partial charge in [0.25, 0.3) is 0 Å². The second-order valence-electron chi connectivity index (χ2n) is 13.1. The van der Waals surface area contributed by atoms with Crippen molar-refractivity contribution in [3.63, 3.8) is 0 Å². The third kappa shape index (κ3) is 10.1. The van der Waals surface area contributed by atoms with Crippen molar-refractivity contribution in [2.75, 3.05) is 27.4 Å². The summed E-state index contributed by atoms with van der Waals surface area (Å²) in [6.45, 7) is 17.0. The largest absolute Gasteiger partial charge is 0.493 e. The van der Waals surface area contributed by atoms with Crippen LogP contribution >= 0.6 is 0 Å². The molecule has 2 rings (SSSR count). The van der Waals surface area contributed by atoms with Crippen molar-refractivity contribution in [1.82, 2.24) is 5.06 Å². The minimum atomic E-state index is -1.19. The Balaban J connectivity index is 2.45. The number of carboxylic acid groups (broad SMARTS) is 1. The van der Waals surface area contributed by atoms with E-state index < -0.39 is 29.3 Å². The van der Waals surface area contributed by atoms with Crippen LogP contribution in [0.25, 0.3) is 0 Å². The molecule has 0 spiro atoms. The Bertz CT molecular complexity index is 1040. The first-order chi connectivity index (χ1) is 19.7. The number of hydroxylamine groups is 2. The minimum absolute atomic E-state index is 0.0836. The van der Waals surface area contributed by atoms with Crippen LogP contribution in [-0.4, -0.2) is 73.0 Å². The number of rotatable bonds is 17. The SMILES string of the molecule is COCCCOc1cc(C[C@@H](C[C@H]2[C@H](C[C@H](C(=O)O)C(C)C)OC(C)(C=C=O)N2OC(C)(C)C)C(C)C)ccc1OC. The molecule has 0 bridgehead atoms. The zero-order chi connectivity index (χ0) is 31.7. The van der Waals surface area contributed by atoms with E-state index in [1.807, 2.05) is 52.7 Å². The number of carbonyl (C=O) groups is 1. The summed E-state index contributed by atoms with van der Waals surface area (Å²) in [7, 11) is 3.30. The monoisotopic (exact) mass is 591 g/mol. The number of nitrogens with zero attached hydrogens (tertiary/aromatic N) is 1. The maximum Gasteiger partial charge on any atom is 0.306 e. The van der Waals surface area contributed by atoms with Gasteiger partial charge in [-0.25, -0.2) is 4.79 Å². The number of carboxylic acids is 1. The molecule has 1 heterocycles. The topological polar surface area (TPSA) is 104 Å². The van der Waals surface area contributed by atoms with Gasteiger partial charge in [-0.2, -0.15) is 0 Å². The molecule has 0 saturated carbocycles. The van der Waals surface area contributed by atoms with Crippen LogP contribution in [0.3, 0.4) is 0 Å². The maximum atomic E-state index is 12.2. The normalized spacial score (nSPS) is 22.7. The number of methoxy groups -OCH3 is 2. The molecule has 1 saturated heterocycles. The molecule has 238 valence electrons. The van der Waals surface area contributed by atoms with Crippen LogP contribution in [0.4, 0.5) is 0 Å². The Morgan fingerprint density at radius 2 is 1.81 bits per heavy atom. The summed E-state index contributed by atoms with van der Waals surface area (Å²) in [5.41, 5.74) is -0.650. The number of hydrogen-bond donors (Lipinski definition) is 1. The quantitative estimate of drug-likeness (QED) is 0.173. The van der Waals surface area contributed by atoms with Crippen LogP contribution in [-0.2, 0) is 30.3 Å². The third-order valence-corrected chi connectivity index (χ3v) is 7.83. The molecule has 1 aliphatic heterocycles. The van der Waals surface area contributed by atoms with Gasteiger partial charge in [-0.1, -0.05) is 33.8 Å². The Hall–Kier alpha value is -2.42. The van der Waals surface area contributed by atoms with E-state index in [-0.39, 0.29) is 17.9 Å². The zero-order valence-corrected chi connectivity index (χ0v) is 27.3. The Morgan fingerprint density at radius 3 is 2.33 bits per heavy atom. The summed E-state index contributed by atoms with van der Waals surface area (Å²) in [5, 5.41) is 11.8. The van der Waals surface area contributed by atoms with Crippen LogP contribution in [0.5, 0.6) is 11.5 Å². The van der Waals surface area contributed by atoms with Gasteiger partial charge >= 0.3 is 5.97 Å². The second kappa shape index (κ2) is 15.9. The lowest BCUT2D eigenvalue weighted by Crippen LogP contribution is -2.50. The van der Waals surface area contributed by atoms with E-state index >= 15 is 0 Å². The highest BCUT2D eigenvalue weighted by molar-refractivity contribution is 5.70. The van der Waals surface area contributed by atoms with Crippen molar-refractivity contribution in [3.05, 3.63) is 29.8 Å². The van der Waals surface area contributed by atoms with Crippen LogP contribution in [0.2, 0.25) is 0 Å². The van der Waals surface area contributed by atoms with Crippen LogP contribution in [0.15, 0.2) is 24.3 Å². The Morgan fingerprint density at radius 1 is 1.12 bits per heavy atom. The van der Waals surface area contributed by atoms with E-state index in [1.54, 1.807) is 26.2 Å². The van der Waals surface area contributed by atoms with Crippen LogP contribution in [0, 0.1) is 23.7 Å². The molecule has 0 aliphatic carbocycles. The fraction of sp³-hybridized carbons (Fsp3) is 0.727. The fourth-order valence-corrected chi connectivity index (χ4v) is 5.49. The molecule has 5 atom stereocenters. The molecule has 9 heteroatoms. The molecule has 1 aromatic rings. The summed E-state index contributed by atoms with van der Waals surface area (Å²) >= 11 is 0. The van der Waals surface area contributed by atoms with E-state index in [0.717, 1.165) is 18.4 Å². The first-order valence-electron chi connectivity index (χ1n) is 15.1. The fourth-order valence-electron chi connectivity index (χ4n) is 5.49. The molecular weight excluding hydrogens is 538 g/mol. The van der Waals surface area contributed by atoms with Crippen LogP contribution < -0.4 is 9.47 Å². The highest BCUT2D eigenvalue weighted by Crippen LogP contribution is 2.42.